The molecule has 1 amide bonds. The molecule has 1 aliphatic carbocycles. The lowest BCUT2D eigenvalue weighted by Gasteiger charge is -2.27. The third kappa shape index (κ3) is 4.41. The first-order chi connectivity index (χ1) is 14.1. The average Bonchev–Trinajstić information content (AvgIpc) is 3.29. The van der Waals surface area contributed by atoms with Gasteiger partial charge in [-0.25, -0.2) is 0 Å². The number of hydrogen-bond acceptors (Lipinski definition) is 4. The van der Waals surface area contributed by atoms with E-state index in [0.29, 0.717) is 17.9 Å². The molecule has 7 heteroatoms. The number of carbonyl (C=O) groups is 1. The fourth-order valence-electron chi connectivity index (χ4n) is 5.61. The molecule has 0 saturated carbocycles. The largest absolute Gasteiger partial charge is 0.497 e. The lowest BCUT2D eigenvalue weighted by molar-refractivity contribution is 0.0767. The van der Waals surface area contributed by atoms with Crippen LogP contribution in [0.3, 0.4) is 0 Å². The third-order valence-corrected chi connectivity index (χ3v) is 7.06. The Balaban J connectivity index is 0.00000136. The standard InChI is InChI=1S/C24H29N3O2.2ClH/c1-26-13-19-14-27(15-21(19)23(26)16-7-9-20(29-2)10-8-16)24(28)18-11-17-5-3-4-6-22(17)25-12-18;;/h7-12,19,21,23H,3-6,13-15H2,1-2H3;2*1H/t19-,21+,23+;;/m0../s1. The molecular formula is C24H31Cl2N3O2. The summed E-state index contributed by atoms with van der Waals surface area (Å²) in [6.07, 6.45) is 6.32. The zero-order valence-electron chi connectivity index (χ0n) is 18.1. The van der Waals surface area contributed by atoms with Gasteiger partial charge in [-0.1, -0.05) is 12.1 Å². The maximum atomic E-state index is 13.2. The molecule has 0 radical (unpaired) electrons. The molecule has 1 aromatic heterocycles. The van der Waals surface area contributed by atoms with Gasteiger partial charge in [0.1, 0.15) is 5.75 Å². The number of nitrogens with zero attached hydrogens (tertiary/aromatic N) is 3. The molecule has 5 rings (SSSR count). The molecule has 0 spiro atoms. The minimum atomic E-state index is 0. The number of halogens is 2. The molecule has 2 saturated heterocycles. The van der Waals surface area contributed by atoms with Crippen molar-refractivity contribution in [2.75, 3.05) is 33.8 Å². The predicted octanol–water partition coefficient (Wildman–Crippen LogP) is 4.19. The quantitative estimate of drug-likeness (QED) is 0.684. The van der Waals surface area contributed by atoms with E-state index in [-0.39, 0.29) is 30.7 Å². The summed E-state index contributed by atoms with van der Waals surface area (Å²) in [6.45, 7) is 2.70. The number of rotatable bonds is 3. The second-order valence-electron chi connectivity index (χ2n) is 8.83. The van der Waals surface area contributed by atoms with E-state index in [2.05, 4.69) is 40.0 Å². The molecule has 0 N–H and O–H groups in total. The van der Waals surface area contributed by atoms with Crippen LogP contribution in [-0.4, -0.2) is 54.5 Å². The number of aryl methyl sites for hydroxylation is 2. The summed E-state index contributed by atoms with van der Waals surface area (Å²) in [5.41, 5.74) is 4.54. The molecule has 5 nitrogen and oxygen atoms in total. The monoisotopic (exact) mass is 463 g/mol. The van der Waals surface area contributed by atoms with E-state index >= 15 is 0 Å². The van der Waals surface area contributed by atoms with Crippen LogP contribution in [0.1, 0.15) is 46.1 Å². The number of ether oxygens (including phenoxy) is 1. The topological polar surface area (TPSA) is 45.7 Å². The lowest BCUT2D eigenvalue weighted by Crippen LogP contribution is -2.33. The number of amides is 1. The minimum absolute atomic E-state index is 0. The van der Waals surface area contributed by atoms with Crippen LogP contribution in [0.5, 0.6) is 5.75 Å². The number of hydrogen-bond donors (Lipinski definition) is 0. The number of likely N-dealkylation sites (tertiary alicyclic amines) is 2. The third-order valence-electron chi connectivity index (χ3n) is 7.06. The predicted molar refractivity (Wildman–Crippen MR) is 127 cm³/mol. The molecule has 1 aromatic carbocycles. The molecule has 0 unspecified atom stereocenters. The molecule has 2 aromatic rings. The van der Waals surface area contributed by atoms with E-state index in [9.17, 15) is 4.79 Å². The van der Waals surface area contributed by atoms with Crippen LogP contribution in [0.4, 0.5) is 0 Å². The Morgan fingerprint density at radius 1 is 1.06 bits per heavy atom. The summed E-state index contributed by atoms with van der Waals surface area (Å²) in [7, 11) is 3.90. The number of pyridine rings is 1. The van der Waals surface area contributed by atoms with Crippen molar-refractivity contribution in [3.63, 3.8) is 0 Å². The summed E-state index contributed by atoms with van der Waals surface area (Å²) >= 11 is 0. The van der Waals surface area contributed by atoms with Gasteiger partial charge in [-0.2, -0.15) is 0 Å². The normalized spacial score (nSPS) is 24.6. The molecule has 2 aliphatic heterocycles. The number of benzene rings is 1. The van der Waals surface area contributed by atoms with Crippen molar-refractivity contribution >= 4 is 30.7 Å². The number of aromatic nitrogens is 1. The summed E-state index contributed by atoms with van der Waals surface area (Å²) in [4.78, 5) is 22.3. The van der Waals surface area contributed by atoms with Crippen LogP contribution in [-0.2, 0) is 12.8 Å². The first-order valence-corrected chi connectivity index (χ1v) is 10.8. The van der Waals surface area contributed by atoms with Crippen LogP contribution in [0.25, 0.3) is 0 Å². The Morgan fingerprint density at radius 2 is 1.81 bits per heavy atom. The van der Waals surface area contributed by atoms with E-state index in [1.165, 1.54) is 29.7 Å². The highest BCUT2D eigenvalue weighted by molar-refractivity contribution is 5.94. The van der Waals surface area contributed by atoms with Gasteiger partial charge < -0.3 is 9.64 Å². The van der Waals surface area contributed by atoms with E-state index in [4.69, 9.17) is 4.74 Å². The first kappa shape index (κ1) is 23.8. The second kappa shape index (κ2) is 9.76. The Labute approximate surface area is 197 Å². The molecule has 2 fully saturated rings. The number of fused-ring (bicyclic) bond motifs is 2. The van der Waals surface area contributed by atoms with Gasteiger partial charge >= 0.3 is 0 Å². The van der Waals surface area contributed by atoms with Gasteiger partial charge in [0.15, 0.2) is 0 Å². The molecule has 31 heavy (non-hydrogen) atoms. The second-order valence-corrected chi connectivity index (χ2v) is 8.83. The van der Waals surface area contributed by atoms with Gasteiger partial charge in [0.25, 0.3) is 5.91 Å². The van der Waals surface area contributed by atoms with Crippen molar-refractivity contribution in [1.82, 2.24) is 14.8 Å². The zero-order chi connectivity index (χ0) is 20.0. The summed E-state index contributed by atoms with van der Waals surface area (Å²) in [6, 6.07) is 10.9. The minimum Gasteiger partial charge on any atom is -0.497 e. The van der Waals surface area contributed by atoms with Crippen molar-refractivity contribution in [3.05, 3.63) is 58.9 Å². The van der Waals surface area contributed by atoms with Crippen molar-refractivity contribution < 1.29 is 9.53 Å². The maximum Gasteiger partial charge on any atom is 0.255 e. The molecule has 3 atom stereocenters. The van der Waals surface area contributed by atoms with E-state index in [1.54, 1.807) is 13.3 Å². The SMILES string of the molecule is COc1ccc([C@@H]2[C@@H]3CN(C(=O)c4cnc5c(c4)CCCC5)C[C@@H]3CN2C)cc1.Cl.Cl. The maximum absolute atomic E-state index is 13.2. The highest BCUT2D eigenvalue weighted by atomic mass is 35.5. The van der Waals surface area contributed by atoms with Crippen molar-refractivity contribution in [2.24, 2.45) is 11.8 Å². The average molecular weight is 464 g/mol. The molecule has 0 bridgehead atoms. The van der Waals surface area contributed by atoms with Crippen LogP contribution < -0.4 is 4.74 Å². The van der Waals surface area contributed by atoms with Crippen LogP contribution in [0, 0.1) is 11.8 Å². The molecular weight excluding hydrogens is 433 g/mol. The zero-order valence-corrected chi connectivity index (χ0v) is 19.8. The fraction of sp³-hybridized carbons (Fsp3) is 0.500. The van der Waals surface area contributed by atoms with Crippen LogP contribution in [0.15, 0.2) is 36.5 Å². The van der Waals surface area contributed by atoms with Crippen molar-refractivity contribution in [3.8, 4) is 5.75 Å². The Bertz CT molecular complexity index is 922. The molecule has 3 aliphatic rings. The molecule has 168 valence electrons. The van der Waals surface area contributed by atoms with Crippen molar-refractivity contribution in [2.45, 2.75) is 31.7 Å². The van der Waals surface area contributed by atoms with Crippen LogP contribution >= 0.6 is 24.8 Å². The van der Waals surface area contributed by atoms with Gasteiger partial charge in [-0.05, 0) is 68.0 Å². The van der Waals surface area contributed by atoms with Crippen molar-refractivity contribution in [1.29, 1.82) is 0 Å². The van der Waals surface area contributed by atoms with Crippen LogP contribution in [0.2, 0.25) is 0 Å². The Kier molecular flexibility index (Phi) is 7.51. The summed E-state index contributed by atoms with van der Waals surface area (Å²) < 4.78 is 5.31. The van der Waals surface area contributed by atoms with E-state index in [0.717, 1.165) is 43.8 Å². The number of methoxy groups -OCH3 is 1. The van der Waals surface area contributed by atoms with Gasteiger partial charge in [0.2, 0.25) is 0 Å². The smallest absolute Gasteiger partial charge is 0.255 e. The summed E-state index contributed by atoms with van der Waals surface area (Å²) in [5, 5.41) is 0. The van der Waals surface area contributed by atoms with E-state index < -0.39 is 0 Å². The Hall–Kier alpha value is -1.82. The fourth-order valence-corrected chi connectivity index (χ4v) is 5.61. The van der Waals surface area contributed by atoms with Gasteiger partial charge in [-0.3, -0.25) is 14.7 Å². The molecule has 3 heterocycles. The van der Waals surface area contributed by atoms with E-state index in [1.807, 2.05) is 12.1 Å². The highest BCUT2D eigenvalue weighted by Gasteiger charge is 2.47. The Morgan fingerprint density at radius 3 is 2.55 bits per heavy atom. The van der Waals surface area contributed by atoms with Gasteiger partial charge in [-0.15, -0.1) is 24.8 Å². The lowest BCUT2D eigenvalue weighted by atomic mass is 9.89. The summed E-state index contributed by atoms with van der Waals surface area (Å²) in [5.74, 6) is 2.04. The highest BCUT2D eigenvalue weighted by Crippen LogP contribution is 2.44. The first-order valence-electron chi connectivity index (χ1n) is 10.8. The van der Waals surface area contributed by atoms with Gasteiger partial charge in [0, 0.05) is 43.5 Å². The number of carbonyl (C=O) groups excluding carboxylic acids is 1. The van der Waals surface area contributed by atoms with Gasteiger partial charge in [0.05, 0.1) is 12.7 Å².